The van der Waals surface area contributed by atoms with Crippen molar-refractivity contribution in [3.8, 4) is 6.07 Å². The molecule has 0 fully saturated rings. The van der Waals surface area contributed by atoms with Crippen LogP contribution in [0.5, 0.6) is 0 Å². The Balaban J connectivity index is 2.75. The summed E-state index contributed by atoms with van der Waals surface area (Å²) in [5.41, 5.74) is 6.62. The van der Waals surface area contributed by atoms with Gasteiger partial charge >= 0.3 is 0 Å². The molecule has 5 nitrogen and oxygen atoms in total. The maximum atomic E-state index is 11.7. The van der Waals surface area contributed by atoms with Crippen LogP contribution in [0.4, 0.5) is 0 Å². The average molecular weight is 273 g/mol. The Bertz CT molecular complexity index is 532. The van der Waals surface area contributed by atoms with E-state index in [0.717, 1.165) is 5.56 Å². The van der Waals surface area contributed by atoms with Gasteiger partial charge in [-0.2, -0.15) is 5.26 Å². The summed E-state index contributed by atoms with van der Waals surface area (Å²) in [5, 5.41) is 11.5. The molecule has 0 saturated carbocycles. The second-order valence-corrected chi connectivity index (χ2v) is 5.14. The fourth-order valence-corrected chi connectivity index (χ4v) is 1.85. The molecule has 1 aromatic rings. The number of amides is 2. The molecule has 0 saturated heterocycles. The van der Waals surface area contributed by atoms with Crippen LogP contribution in [0.15, 0.2) is 24.3 Å². The summed E-state index contributed by atoms with van der Waals surface area (Å²) in [5.74, 6) is -0.560. The number of primary amides is 1. The van der Waals surface area contributed by atoms with Crippen LogP contribution >= 0.6 is 0 Å². The average Bonchev–Trinajstić information content (AvgIpc) is 2.37. The van der Waals surface area contributed by atoms with E-state index in [4.69, 9.17) is 11.0 Å². The maximum absolute atomic E-state index is 11.7. The molecule has 1 atom stereocenters. The number of hydrogen-bond donors (Lipinski definition) is 2. The van der Waals surface area contributed by atoms with Gasteiger partial charge in [-0.1, -0.05) is 26.0 Å². The van der Waals surface area contributed by atoms with Gasteiger partial charge in [-0.15, -0.1) is 0 Å². The first-order chi connectivity index (χ1) is 9.42. The zero-order chi connectivity index (χ0) is 15.1. The third-order valence-corrected chi connectivity index (χ3v) is 2.77. The zero-order valence-electron chi connectivity index (χ0n) is 11.7. The largest absolute Gasteiger partial charge is 0.368 e. The van der Waals surface area contributed by atoms with Crippen molar-refractivity contribution >= 4 is 11.8 Å². The molecule has 20 heavy (non-hydrogen) atoms. The van der Waals surface area contributed by atoms with Crippen molar-refractivity contribution in [1.29, 1.82) is 5.26 Å². The fourth-order valence-electron chi connectivity index (χ4n) is 1.85. The second-order valence-electron chi connectivity index (χ2n) is 5.14. The standard InChI is InChI=1S/C15H19N3O2/c1-10(2)6-14(19)18-13(15(17)20)8-11-4-3-5-12(7-11)9-16/h3-5,7,10,13H,6,8H2,1-2H3,(H2,17,20)(H,18,19)/t13-/m0/s1. The van der Waals surface area contributed by atoms with Crippen LogP contribution in [0.3, 0.4) is 0 Å². The summed E-state index contributed by atoms with van der Waals surface area (Å²) < 4.78 is 0. The highest BCUT2D eigenvalue weighted by Gasteiger charge is 2.19. The molecule has 0 aliphatic rings. The van der Waals surface area contributed by atoms with E-state index in [1.807, 2.05) is 19.9 Å². The van der Waals surface area contributed by atoms with E-state index >= 15 is 0 Å². The molecule has 0 radical (unpaired) electrons. The number of hydrogen-bond acceptors (Lipinski definition) is 3. The molecule has 0 aliphatic carbocycles. The Kier molecular flexibility index (Phi) is 5.73. The Labute approximate surface area is 118 Å². The van der Waals surface area contributed by atoms with Crippen molar-refractivity contribution in [1.82, 2.24) is 5.32 Å². The first-order valence-electron chi connectivity index (χ1n) is 6.50. The van der Waals surface area contributed by atoms with Crippen molar-refractivity contribution in [3.63, 3.8) is 0 Å². The van der Waals surface area contributed by atoms with Gasteiger partial charge in [-0.05, 0) is 23.6 Å². The molecule has 0 aromatic heterocycles. The minimum atomic E-state index is -0.754. The number of nitrogens with two attached hydrogens (primary N) is 1. The maximum Gasteiger partial charge on any atom is 0.240 e. The highest BCUT2D eigenvalue weighted by atomic mass is 16.2. The molecule has 106 valence electrons. The van der Waals surface area contributed by atoms with Crippen molar-refractivity contribution in [2.45, 2.75) is 32.7 Å². The molecular weight excluding hydrogens is 254 g/mol. The first-order valence-corrected chi connectivity index (χ1v) is 6.50. The second kappa shape index (κ2) is 7.29. The van der Waals surface area contributed by atoms with Gasteiger partial charge in [0, 0.05) is 12.8 Å². The van der Waals surface area contributed by atoms with Gasteiger partial charge in [0.15, 0.2) is 0 Å². The highest BCUT2D eigenvalue weighted by molar-refractivity contribution is 5.86. The van der Waals surface area contributed by atoms with E-state index < -0.39 is 11.9 Å². The summed E-state index contributed by atoms with van der Waals surface area (Å²) in [7, 11) is 0. The topological polar surface area (TPSA) is 96.0 Å². The van der Waals surface area contributed by atoms with Gasteiger partial charge in [0.2, 0.25) is 11.8 Å². The fraction of sp³-hybridized carbons (Fsp3) is 0.400. The van der Waals surface area contributed by atoms with E-state index in [1.165, 1.54) is 0 Å². The predicted octanol–water partition coefficient (Wildman–Crippen LogP) is 1.12. The lowest BCUT2D eigenvalue weighted by atomic mass is 10.0. The van der Waals surface area contributed by atoms with Gasteiger partial charge in [0.1, 0.15) is 6.04 Å². The SMILES string of the molecule is CC(C)CC(=O)N[C@@H](Cc1cccc(C#N)c1)C(N)=O. The number of carbonyl (C=O) groups is 2. The van der Waals surface area contributed by atoms with Crippen LogP contribution in [0.25, 0.3) is 0 Å². The van der Waals surface area contributed by atoms with Crippen LogP contribution in [0, 0.1) is 17.2 Å². The van der Waals surface area contributed by atoms with Crippen LogP contribution < -0.4 is 11.1 Å². The lowest BCUT2D eigenvalue weighted by Crippen LogP contribution is -2.46. The van der Waals surface area contributed by atoms with E-state index in [1.54, 1.807) is 24.3 Å². The van der Waals surface area contributed by atoms with Gasteiger partial charge in [0.25, 0.3) is 0 Å². The zero-order valence-corrected chi connectivity index (χ0v) is 11.7. The van der Waals surface area contributed by atoms with Crippen molar-refractivity contribution in [2.75, 3.05) is 0 Å². The minimum Gasteiger partial charge on any atom is -0.368 e. The van der Waals surface area contributed by atoms with Crippen LogP contribution in [-0.2, 0) is 16.0 Å². The smallest absolute Gasteiger partial charge is 0.240 e. The molecule has 1 aromatic carbocycles. The predicted molar refractivity (Wildman–Crippen MR) is 75.4 cm³/mol. The van der Waals surface area contributed by atoms with Gasteiger partial charge in [-0.25, -0.2) is 0 Å². The number of carbonyl (C=O) groups excluding carboxylic acids is 2. The van der Waals surface area contributed by atoms with E-state index in [2.05, 4.69) is 5.32 Å². The number of benzene rings is 1. The summed E-state index contributed by atoms with van der Waals surface area (Å²) in [6.07, 6.45) is 0.636. The normalized spacial score (nSPS) is 11.7. The lowest BCUT2D eigenvalue weighted by Gasteiger charge is -2.16. The third-order valence-electron chi connectivity index (χ3n) is 2.77. The van der Waals surface area contributed by atoms with Crippen molar-refractivity contribution in [2.24, 2.45) is 11.7 Å². The Morgan fingerprint density at radius 1 is 1.40 bits per heavy atom. The summed E-state index contributed by atoms with van der Waals surface area (Å²) in [6, 6.07) is 8.18. The Hall–Kier alpha value is -2.35. The van der Waals surface area contributed by atoms with E-state index in [-0.39, 0.29) is 18.2 Å². The minimum absolute atomic E-state index is 0.194. The molecule has 1 rings (SSSR count). The molecule has 0 aliphatic heterocycles. The van der Waals surface area contributed by atoms with Gasteiger partial charge in [-0.3, -0.25) is 9.59 Å². The van der Waals surface area contributed by atoms with E-state index in [0.29, 0.717) is 12.0 Å². The number of nitriles is 1. The first kappa shape index (κ1) is 15.7. The number of nitrogens with one attached hydrogen (secondary N) is 1. The number of nitrogens with zero attached hydrogens (tertiary/aromatic N) is 1. The molecule has 2 amide bonds. The monoisotopic (exact) mass is 273 g/mol. The lowest BCUT2D eigenvalue weighted by molar-refractivity contribution is -0.127. The Morgan fingerprint density at radius 3 is 2.65 bits per heavy atom. The highest BCUT2D eigenvalue weighted by Crippen LogP contribution is 2.08. The molecule has 0 heterocycles. The molecular formula is C15H19N3O2. The molecule has 0 bridgehead atoms. The van der Waals surface area contributed by atoms with Gasteiger partial charge in [0.05, 0.1) is 11.6 Å². The third kappa shape index (κ3) is 5.11. The number of rotatable bonds is 6. The molecule has 5 heteroatoms. The van der Waals surface area contributed by atoms with Crippen molar-refractivity contribution in [3.05, 3.63) is 35.4 Å². The van der Waals surface area contributed by atoms with E-state index in [9.17, 15) is 9.59 Å². The van der Waals surface area contributed by atoms with Crippen molar-refractivity contribution < 1.29 is 9.59 Å². The van der Waals surface area contributed by atoms with Gasteiger partial charge < -0.3 is 11.1 Å². The quantitative estimate of drug-likeness (QED) is 0.812. The van der Waals surface area contributed by atoms with Crippen LogP contribution in [0.1, 0.15) is 31.4 Å². The summed E-state index contributed by atoms with van der Waals surface area (Å²) >= 11 is 0. The van der Waals surface area contributed by atoms with Crippen LogP contribution in [0.2, 0.25) is 0 Å². The molecule has 0 unspecified atom stereocenters. The molecule has 3 N–H and O–H groups in total. The summed E-state index contributed by atoms with van der Waals surface area (Å²) in [4.78, 5) is 23.1. The molecule has 0 spiro atoms. The van der Waals surface area contributed by atoms with Crippen LogP contribution in [-0.4, -0.2) is 17.9 Å². The Morgan fingerprint density at radius 2 is 2.10 bits per heavy atom. The summed E-state index contributed by atoms with van der Waals surface area (Å²) in [6.45, 7) is 3.85.